The molecule has 3 heterocycles. The summed E-state index contributed by atoms with van der Waals surface area (Å²) in [6.45, 7) is 2.42. The van der Waals surface area contributed by atoms with Crippen molar-refractivity contribution in [2.45, 2.75) is 25.4 Å². The third-order valence-electron chi connectivity index (χ3n) is 4.79. The van der Waals surface area contributed by atoms with Crippen molar-refractivity contribution in [3.8, 4) is 11.6 Å². The van der Waals surface area contributed by atoms with Crippen molar-refractivity contribution in [2.24, 2.45) is 4.99 Å². The van der Waals surface area contributed by atoms with Gasteiger partial charge in [0, 0.05) is 24.0 Å². The molecule has 1 atom stereocenters. The summed E-state index contributed by atoms with van der Waals surface area (Å²) in [4.78, 5) is 14.9. The number of nitrogens with one attached hydrogen (secondary N) is 2. The molecule has 3 aromatic rings. The molecule has 11 heteroatoms. The summed E-state index contributed by atoms with van der Waals surface area (Å²) in [7, 11) is 0. The molecule has 3 N–H and O–H groups in total. The zero-order valence-corrected chi connectivity index (χ0v) is 16.7. The van der Waals surface area contributed by atoms with Crippen molar-refractivity contribution in [2.75, 3.05) is 25.1 Å². The van der Waals surface area contributed by atoms with Crippen LogP contribution in [0, 0.1) is 11.6 Å². The maximum Gasteiger partial charge on any atom is 0.289 e. The second-order valence-corrected chi connectivity index (χ2v) is 7.52. The van der Waals surface area contributed by atoms with Crippen molar-refractivity contribution < 1.29 is 27.8 Å². The van der Waals surface area contributed by atoms with E-state index in [9.17, 15) is 13.2 Å². The number of aliphatic hydroxyl groups excluding tert-OH is 1. The lowest BCUT2D eigenvalue weighted by atomic mass is 10.0. The van der Waals surface area contributed by atoms with E-state index in [1.54, 1.807) is 6.20 Å². The number of aliphatic hydroxyl groups is 1. The number of nitrogens with zero attached hydrogens (tertiary/aromatic N) is 3. The van der Waals surface area contributed by atoms with Crippen LogP contribution in [-0.2, 0) is 4.74 Å². The molecular weight excluding hydrogens is 415 g/mol. The van der Waals surface area contributed by atoms with Crippen LogP contribution in [0.5, 0.6) is 11.6 Å². The number of ether oxygens (including phenoxy) is 2. The van der Waals surface area contributed by atoms with E-state index < -0.39 is 36.3 Å². The van der Waals surface area contributed by atoms with Crippen LogP contribution in [0.25, 0.3) is 11.0 Å². The number of anilines is 1. The van der Waals surface area contributed by atoms with E-state index in [1.165, 1.54) is 6.33 Å². The lowest BCUT2D eigenvalue weighted by Crippen LogP contribution is -2.43. The van der Waals surface area contributed by atoms with Crippen molar-refractivity contribution in [1.29, 1.82) is 0 Å². The van der Waals surface area contributed by atoms with Crippen molar-refractivity contribution >= 4 is 22.7 Å². The highest BCUT2D eigenvalue weighted by atomic mass is 19.1. The zero-order chi connectivity index (χ0) is 22.2. The second-order valence-electron chi connectivity index (χ2n) is 7.52. The third kappa shape index (κ3) is 4.13. The maximum absolute atomic E-state index is 14.7. The molecule has 0 aliphatic carbocycles. The molecule has 31 heavy (non-hydrogen) atoms. The van der Waals surface area contributed by atoms with Crippen molar-refractivity contribution in [3.05, 3.63) is 41.9 Å². The van der Waals surface area contributed by atoms with Crippen LogP contribution >= 0.6 is 0 Å². The van der Waals surface area contributed by atoms with Gasteiger partial charge in [-0.2, -0.15) is 0 Å². The lowest BCUT2D eigenvalue weighted by molar-refractivity contribution is 0.0181. The van der Waals surface area contributed by atoms with E-state index in [0.29, 0.717) is 11.0 Å². The Morgan fingerprint density at radius 1 is 1.29 bits per heavy atom. The number of aromatic nitrogens is 3. The van der Waals surface area contributed by atoms with Gasteiger partial charge in [-0.15, -0.1) is 0 Å². The normalized spacial score (nSPS) is 18.7. The van der Waals surface area contributed by atoms with E-state index in [-0.39, 0.29) is 30.1 Å². The Balaban J connectivity index is 1.59. The molecule has 0 amide bonds. The molecule has 1 unspecified atom stereocenters. The van der Waals surface area contributed by atoms with Gasteiger partial charge in [-0.05, 0) is 11.5 Å². The van der Waals surface area contributed by atoms with Gasteiger partial charge in [0.2, 0.25) is 11.6 Å². The van der Waals surface area contributed by atoms with Gasteiger partial charge < -0.3 is 24.9 Å². The minimum Gasteiger partial charge on any atom is -0.461 e. The monoisotopic (exact) mass is 435 g/mol. The number of halogens is 3. The number of hydrogen-bond donors (Lipinski definition) is 3. The average molecular weight is 435 g/mol. The molecule has 164 valence electrons. The van der Waals surface area contributed by atoms with E-state index >= 15 is 0 Å². The fraction of sp³-hybridized carbons (Fsp3) is 0.350. The molecule has 0 spiro atoms. The first-order chi connectivity index (χ1) is 14.8. The highest BCUT2D eigenvalue weighted by Gasteiger charge is 2.34. The molecule has 2 aromatic heterocycles. The number of aromatic amines is 1. The van der Waals surface area contributed by atoms with E-state index in [2.05, 4.69) is 25.3 Å². The number of hydrogen-bond acceptors (Lipinski definition) is 7. The van der Waals surface area contributed by atoms with E-state index in [0.717, 1.165) is 17.7 Å². The summed E-state index contributed by atoms with van der Waals surface area (Å²) < 4.78 is 53.9. The Labute approximate surface area is 175 Å². The SMILES string of the molecule is CC(C)c1c[nH]c2ncnc(Oc3c(F)cc(NC4=NCC(F)(CO)CO4)cc3F)c12. The largest absolute Gasteiger partial charge is 0.461 e. The molecule has 1 aliphatic rings. The van der Waals surface area contributed by atoms with Gasteiger partial charge in [0.15, 0.2) is 17.3 Å². The van der Waals surface area contributed by atoms with Crippen LogP contribution in [0.3, 0.4) is 0 Å². The smallest absolute Gasteiger partial charge is 0.289 e. The third-order valence-corrected chi connectivity index (χ3v) is 4.79. The second kappa shape index (κ2) is 8.06. The molecule has 1 aromatic carbocycles. The minimum atomic E-state index is -1.98. The summed E-state index contributed by atoms with van der Waals surface area (Å²) >= 11 is 0. The van der Waals surface area contributed by atoms with E-state index in [4.69, 9.17) is 14.6 Å². The minimum absolute atomic E-state index is 0.00574. The molecule has 8 nitrogen and oxygen atoms in total. The first-order valence-corrected chi connectivity index (χ1v) is 9.52. The number of aliphatic imine (C=N–C) groups is 1. The fourth-order valence-corrected chi connectivity index (χ4v) is 3.11. The maximum atomic E-state index is 14.7. The molecule has 1 aliphatic heterocycles. The number of benzene rings is 1. The van der Waals surface area contributed by atoms with Gasteiger partial charge >= 0.3 is 0 Å². The summed E-state index contributed by atoms with van der Waals surface area (Å²) in [5.74, 6) is -2.47. The zero-order valence-electron chi connectivity index (χ0n) is 16.7. The van der Waals surface area contributed by atoms with Crippen molar-refractivity contribution in [1.82, 2.24) is 15.0 Å². The summed E-state index contributed by atoms with van der Waals surface area (Å²) in [6, 6.07) is 1.87. The van der Waals surface area contributed by atoms with Gasteiger partial charge in [-0.25, -0.2) is 28.1 Å². The fourth-order valence-electron chi connectivity index (χ4n) is 3.11. The van der Waals surface area contributed by atoms with Crippen LogP contribution in [0.15, 0.2) is 29.6 Å². The lowest BCUT2D eigenvalue weighted by Gasteiger charge is -2.26. The predicted octanol–water partition coefficient (Wildman–Crippen LogP) is 3.65. The Morgan fingerprint density at radius 2 is 2.03 bits per heavy atom. The first-order valence-electron chi connectivity index (χ1n) is 9.52. The Hall–Kier alpha value is -3.34. The van der Waals surface area contributed by atoms with Gasteiger partial charge in [0.1, 0.15) is 18.6 Å². The van der Waals surface area contributed by atoms with Gasteiger partial charge in [-0.1, -0.05) is 13.8 Å². The molecule has 0 bridgehead atoms. The molecule has 4 rings (SSSR count). The topological polar surface area (TPSA) is 105 Å². The number of amidine groups is 1. The first kappa shape index (κ1) is 20.9. The number of H-pyrrole nitrogens is 1. The van der Waals surface area contributed by atoms with Crippen LogP contribution in [0.4, 0.5) is 18.9 Å². The summed E-state index contributed by atoms with van der Waals surface area (Å²) in [5, 5.41) is 12.1. The standard InChI is InChI=1S/C20H20F3N5O3/c1-10(2)12-5-24-17-15(12)18(27-9-26-17)31-16-13(21)3-11(4-14(16)22)28-19-25-6-20(23,7-29)8-30-19/h3-5,9-10,29H,6-8H2,1-2H3,(H,25,28)(H,24,26,27). The number of rotatable bonds is 5. The quantitative estimate of drug-likeness (QED) is 0.565. The molecular formula is C20H20F3N5O3. The van der Waals surface area contributed by atoms with E-state index in [1.807, 2.05) is 13.8 Å². The highest BCUT2D eigenvalue weighted by molar-refractivity contribution is 5.89. The van der Waals surface area contributed by atoms with Gasteiger partial charge in [-0.3, -0.25) is 0 Å². The molecule has 0 saturated carbocycles. The number of fused-ring (bicyclic) bond motifs is 1. The van der Waals surface area contributed by atoms with Crippen LogP contribution in [-0.4, -0.2) is 51.5 Å². The summed E-state index contributed by atoms with van der Waals surface area (Å²) in [6.07, 6.45) is 2.99. The summed E-state index contributed by atoms with van der Waals surface area (Å²) in [5.41, 5.74) is -0.639. The average Bonchev–Trinajstić information content (AvgIpc) is 3.18. The van der Waals surface area contributed by atoms with Crippen LogP contribution < -0.4 is 10.1 Å². The van der Waals surface area contributed by atoms with Crippen LogP contribution in [0.1, 0.15) is 25.3 Å². The van der Waals surface area contributed by atoms with Gasteiger partial charge in [0.25, 0.3) is 6.02 Å². The van der Waals surface area contributed by atoms with Gasteiger partial charge in [0.05, 0.1) is 18.5 Å². The highest BCUT2D eigenvalue weighted by Crippen LogP contribution is 2.35. The van der Waals surface area contributed by atoms with Crippen LogP contribution in [0.2, 0.25) is 0 Å². The molecule has 0 saturated heterocycles. The molecule has 0 fully saturated rings. The Kier molecular flexibility index (Phi) is 5.44. The Bertz CT molecular complexity index is 1130. The number of alkyl halides is 1. The predicted molar refractivity (Wildman–Crippen MR) is 107 cm³/mol. The Morgan fingerprint density at radius 3 is 2.65 bits per heavy atom. The molecule has 0 radical (unpaired) electrons. The van der Waals surface area contributed by atoms with Crippen molar-refractivity contribution in [3.63, 3.8) is 0 Å².